The zero-order valence-electron chi connectivity index (χ0n) is 22.8. The molecule has 3 aromatic heterocycles. The molecule has 3 fully saturated rings. The number of rotatable bonds is 8. The largest absolute Gasteiger partial charge is 0.463 e. The van der Waals surface area contributed by atoms with Gasteiger partial charge in [-0.15, -0.1) is 0 Å². The highest BCUT2D eigenvalue weighted by Crippen LogP contribution is 2.53. The van der Waals surface area contributed by atoms with Crippen LogP contribution in [0.3, 0.4) is 0 Å². The molecule has 0 bridgehead atoms. The van der Waals surface area contributed by atoms with E-state index in [-0.39, 0.29) is 23.1 Å². The summed E-state index contributed by atoms with van der Waals surface area (Å²) in [4.78, 5) is 34.1. The number of pyridine rings is 1. The molecule has 0 aliphatic heterocycles. The van der Waals surface area contributed by atoms with Gasteiger partial charge in [-0.05, 0) is 75.3 Å². The van der Waals surface area contributed by atoms with Crippen LogP contribution < -0.4 is 11.1 Å². The average Bonchev–Trinajstić information content (AvgIpc) is 3.60. The Bertz CT molecular complexity index is 1390. The van der Waals surface area contributed by atoms with Crippen LogP contribution in [0.4, 0.5) is 10.6 Å². The fourth-order valence-electron chi connectivity index (χ4n) is 6.36. The van der Waals surface area contributed by atoms with Crippen molar-refractivity contribution in [1.82, 2.24) is 24.5 Å². The summed E-state index contributed by atoms with van der Waals surface area (Å²) in [7, 11) is 0. The Labute approximate surface area is 228 Å². The van der Waals surface area contributed by atoms with E-state index in [0.717, 1.165) is 42.3 Å². The van der Waals surface area contributed by atoms with Crippen LogP contribution in [-0.4, -0.2) is 47.6 Å². The summed E-state index contributed by atoms with van der Waals surface area (Å²) in [5.74, 6) is 3.36. The van der Waals surface area contributed by atoms with Crippen molar-refractivity contribution in [2.45, 2.75) is 89.6 Å². The Hall–Kier alpha value is -3.56. The van der Waals surface area contributed by atoms with E-state index >= 15 is 0 Å². The maximum Gasteiger partial charge on any atom is 0.433 e. The zero-order chi connectivity index (χ0) is 27.1. The van der Waals surface area contributed by atoms with Gasteiger partial charge in [0.2, 0.25) is 0 Å². The molecule has 3 aliphatic rings. The summed E-state index contributed by atoms with van der Waals surface area (Å²) in [5, 5.41) is 12.9. The van der Waals surface area contributed by atoms with Crippen molar-refractivity contribution in [2.24, 2.45) is 28.5 Å². The normalized spacial score (nSPS) is 23.8. The molecule has 0 radical (unpaired) electrons. The number of fused-ring (bicyclic) bond motifs is 1. The molecule has 3 saturated carbocycles. The number of amides is 1. The van der Waals surface area contributed by atoms with Crippen molar-refractivity contribution in [3.63, 3.8) is 0 Å². The van der Waals surface area contributed by atoms with Crippen molar-refractivity contribution < 1.29 is 9.90 Å². The van der Waals surface area contributed by atoms with Crippen molar-refractivity contribution in [1.29, 1.82) is 0 Å². The molecule has 3 aromatic rings. The van der Waals surface area contributed by atoms with Crippen LogP contribution in [0, 0.1) is 17.8 Å². The fourth-order valence-corrected chi connectivity index (χ4v) is 6.36. The second kappa shape index (κ2) is 10.2. The lowest BCUT2D eigenvalue weighted by Gasteiger charge is -2.32. The van der Waals surface area contributed by atoms with E-state index in [1.807, 2.05) is 18.3 Å². The van der Waals surface area contributed by atoms with Gasteiger partial charge in [0, 0.05) is 18.8 Å². The number of hydrogen-bond donors (Lipinski definition) is 3. The molecule has 206 valence electrons. The molecule has 0 aromatic carbocycles. The Balaban J connectivity index is 1.52. The molecule has 3 aliphatic carbocycles. The molecule has 0 saturated heterocycles. The lowest BCUT2D eigenvalue weighted by atomic mass is 9.80. The van der Waals surface area contributed by atoms with E-state index in [1.165, 1.54) is 44.9 Å². The first-order valence-electron chi connectivity index (χ1n) is 14.4. The van der Waals surface area contributed by atoms with Crippen molar-refractivity contribution in [2.75, 3.05) is 5.32 Å². The van der Waals surface area contributed by atoms with Gasteiger partial charge in [0.1, 0.15) is 11.3 Å². The van der Waals surface area contributed by atoms with E-state index in [9.17, 15) is 9.90 Å². The number of nitrogens with two attached hydrogens (primary N) is 1. The maximum atomic E-state index is 11.3. The van der Waals surface area contributed by atoms with E-state index in [1.54, 1.807) is 0 Å². The van der Waals surface area contributed by atoms with Crippen LogP contribution >= 0.6 is 0 Å². The van der Waals surface area contributed by atoms with Gasteiger partial charge in [0.05, 0.1) is 11.1 Å². The minimum Gasteiger partial charge on any atom is -0.463 e. The van der Waals surface area contributed by atoms with Gasteiger partial charge >= 0.3 is 6.09 Å². The second-order valence-electron chi connectivity index (χ2n) is 11.9. The quantitative estimate of drug-likeness (QED) is 0.269. The Kier molecular flexibility index (Phi) is 6.72. The third-order valence-electron chi connectivity index (χ3n) is 9.18. The van der Waals surface area contributed by atoms with Gasteiger partial charge in [-0.1, -0.05) is 32.3 Å². The Morgan fingerprint density at radius 3 is 2.56 bits per heavy atom. The molecule has 10 heteroatoms. The number of hydrogen-bond acceptors (Lipinski definition) is 6. The highest BCUT2D eigenvalue weighted by atomic mass is 16.4. The molecular formula is C29H38N8O2. The standard InChI is InChI=1S/C29H38N8O2/c1-17-9-11-19(12-10-17)16-37-22-24(32-18(2)20-6-5-7-20)34-26(23(30)33-28(38)39)35-25(22)36-27(37)29(13-14-29)21-8-3-4-15-31-21/h3-4,8,15,17-20H,5-7,9-14,16H2,1-2H3,(H2,30,33)(H,38,39)(H,32,34,35). The topological polar surface area (TPSA) is 144 Å². The average molecular weight is 531 g/mol. The monoisotopic (exact) mass is 530 g/mol. The van der Waals surface area contributed by atoms with E-state index in [0.29, 0.717) is 23.3 Å². The molecule has 6 rings (SSSR count). The lowest BCUT2D eigenvalue weighted by Crippen LogP contribution is -2.32. The first kappa shape index (κ1) is 25.7. The van der Waals surface area contributed by atoms with E-state index < -0.39 is 6.09 Å². The van der Waals surface area contributed by atoms with Crippen molar-refractivity contribution >= 4 is 28.9 Å². The molecule has 4 N–H and O–H groups in total. The number of carboxylic acid groups (broad SMARTS) is 1. The highest BCUT2D eigenvalue weighted by molar-refractivity contribution is 6.01. The first-order chi connectivity index (χ1) is 18.8. The second-order valence-corrected chi connectivity index (χ2v) is 11.9. The SMILES string of the molecule is CC1CCC(Cn2c(C3(c4ccccn4)CC3)nc3nc(C(N)=NC(=O)O)nc(NC(C)C4CCC4)c32)CC1. The van der Waals surface area contributed by atoms with Crippen LogP contribution in [0.25, 0.3) is 11.2 Å². The van der Waals surface area contributed by atoms with Crippen LogP contribution in [0.15, 0.2) is 29.4 Å². The third kappa shape index (κ3) is 4.96. The summed E-state index contributed by atoms with van der Waals surface area (Å²) in [6, 6.07) is 6.27. The summed E-state index contributed by atoms with van der Waals surface area (Å²) in [6.45, 7) is 5.38. The van der Waals surface area contributed by atoms with Gasteiger partial charge in [0.15, 0.2) is 23.1 Å². The third-order valence-corrected chi connectivity index (χ3v) is 9.18. The van der Waals surface area contributed by atoms with E-state index in [2.05, 4.69) is 39.8 Å². The van der Waals surface area contributed by atoms with Crippen LogP contribution in [0.1, 0.15) is 89.0 Å². The van der Waals surface area contributed by atoms with Crippen molar-refractivity contribution in [3.05, 3.63) is 41.7 Å². The first-order valence-corrected chi connectivity index (χ1v) is 14.4. The number of nitrogens with one attached hydrogen (secondary N) is 1. The van der Waals surface area contributed by atoms with Crippen LogP contribution in [0.2, 0.25) is 0 Å². The Morgan fingerprint density at radius 2 is 1.95 bits per heavy atom. The highest BCUT2D eigenvalue weighted by Gasteiger charge is 2.51. The molecule has 1 atom stereocenters. The Morgan fingerprint density at radius 1 is 1.18 bits per heavy atom. The van der Waals surface area contributed by atoms with Crippen LogP contribution in [-0.2, 0) is 12.0 Å². The minimum atomic E-state index is -1.38. The van der Waals surface area contributed by atoms with Gasteiger partial charge in [-0.25, -0.2) is 19.7 Å². The summed E-state index contributed by atoms with van der Waals surface area (Å²) >= 11 is 0. The molecule has 39 heavy (non-hydrogen) atoms. The molecule has 1 amide bonds. The number of imidazole rings is 1. The number of nitrogens with zero attached hydrogens (tertiary/aromatic N) is 6. The predicted molar refractivity (Wildman–Crippen MR) is 150 cm³/mol. The smallest absolute Gasteiger partial charge is 0.433 e. The number of aliphatic imine (C=N–C) groups is 1. The summed E-state index contributed by atoms with van der Waals surface area (Å²) in [5.41, 5.74) is 8.20. The molecule has 3 heterocycles. The summed E-state index contributed by atoms with van der Waals surface area (Å²) in [6.07, 6.45) is 10.9. The molecule has 1 unspecified atom stereocenters. The van der Waals surface area contributed by atoms with Gasteiger partial charge in [0.25, 0.3) is 0 Å². The predicted octanol–water partition coefficient (Wildman–Crippen LogP) is 5.11. The van der Waals surface area contributed by atoms with Crippen molar-refractivity contribution in [3.8, 4) is 0 Å². The fraction of sp³-hybridized carbons (Fsp3) is 0.586. The summed E-state index contributed by atoms with van der Waals surface area (Å²) < 4.78 is 2.35. The number of anilines is 1. The zero-order valence-corrected chi connectivity index (χ0v) is 22.8. The maximum absolute atomic E-state index is 11.3. The molecule has 10 nitrogen and oxygen atoms in total. The van der Waals surface area contributed by atoms with Gasteiger partial charge in [-0.3, -0.25) is 4.98 Å². The number of aromatic nitrogens is 5. The molecular weight excluding hydrogens is 492 g/mol. The van der Waals surface area contributed by atoms with E-state index in [4.69, 9.17) is 20.7 Å². The van der Waals surface area contributed by atoms with Crippen LogP contribution in [0.5, 0.6) is 0 Å². The number of carbonyl (C=O) groups is 1. The van der Waals surface area contributed by atoms with Gasteiger partial charge in [-0.2, -0.15) is 4.99 Å². The minimum absolute atomic E-state index is 0.0820. The number of amidine groups is 1. The lowest BCUT2D eigenvalue weighted by molar-refractivity contribution is 0.205. The van der Waals surface area contributed by atoms with Gasteiger partial charge < -0.3 is 20.7 Å². The molecule has 0 spiro atoms.